The number of aliphatic hydroxyl groups excluding tert-OH is 1. The van der Waals surface area contributed by atoms with E-state index in [0.29, 0.717) is 6.42 Å². The summed E-state index contributed by atoms with van der Waals surface area (Å²) in [5.41, 5.74) is 1.86. The summed E-state index contributed by atoms with van der Waals surface area (Å²) in [6.45, 7) is 3.62. The van der Waals surface area contributed by atoms with Gasteiger partial charge in [-0.2, -0.15) is 0 Å². The SMILES string of the molecule is C=CC[C@H](O)c1ccc2ncccc2c1. The van der Waals surface area contributed by atoms with Crippen molar-refractivity contribution in [2.75, 3.05) is 0 Å². The molecular weight excluding hydrogens is 186 g/mol. The highest BCUT2D eigenvalue weighted by Crippen LogP contribution is 2.21. The van der Waals surface area contributed by atoms with E-state index in [1.807, 2.05) is 30.3 Å². The molecule has 0 aliphatic rings. The van der Waals surface area contributed by atoms with Crippen LogP contribution in [0.2, 0.25) is 0 Å². The van der Waals surface area contributed by atoms with Gasteiger partial charge in [0.15, 0.2) is 0 Å². The Morgan fingerprint density at radius 2 is 2.27 bits per heavy atom. The van der Waals surface area contributed by atoms with Crippen LogP contribution in [0.3, 0.4) is 0 Å². The summed E-state index contributed by atoms with van der Waals surface area (Å²) in [5, 5.41) is 10.8. The van der Waals surface area contributed by atoms with E-state index in [1.165, 1.54) is 0 Å². The number of fused-ring (bicyclic) bond motifs is 1. The molecule has 2 heteroatoms. The van der Waals surface area contributed by atoms with Crippen LogP contribution in [0.4, 0.5) is 0 Å². The monoisotopic (exact) mass is 199 g/mol. The van der Waals surface area contributed by atoms with Crippen LogP contribution < -0.4 is 0 Å². The zero-order valence-electron chi connectivity index (χ0n) is 8.43. The molecule has 0 aliphatic heterocycles. The third-order valence-corrected chi connectivity index (χ3v) is 2.40. The Bertz CT molecular complexity index is 479. The van der Waals surface area contributed by atoms with Crippen LogP contribution in [0.5, 0.6) is 0 Å². The minimum absolute atomic E-state index is 0.466. The number of rotatable bonds is 3. The van der Waals surface area contributed by atoms with Gasteiger partial charge in [0, 0.05) is 11.6 Å². The molecule has 1 atom stereocenters. The van der Waals surface area contributed by atoms with Gasteiger partial charge in [-0.05, 0) is 30.2 Å². The number of benzene rings is 1. The molecule has 1 aromatic carbocycles. The summed E-state index contributed by atoms with van der Waals surface area (Å²) in [4.78, 5) is 4.23. The van der Waals surface area contributed by atoms with Crippen LogP contribution in [-0.2, 0) is 0 Å². The smallest absolute Gasteiger partial charge is 0.0824 e. The Balaban J connectivity index is 2.42. The molecule has 2 rings (SSSR count). The van der Waals surface area contributed by atoms with Crippen molar-refractivity contribution in [3.05, 3.63) is 54.7 Å². The molecular formula is C13H13NO. The molecule has 0 amide bonds. The maximum Gasteiger partial charge on any atom is 0.0824 e. The van der Waals surface area contributed by atoms with Gasteiger partial charge >= 0.3 is 0 Å². The average molecular weight is 199 g/mol. The highest BCUT2D eigenvalue weighted by molar-refractivity contribution is 5.78. The third-order valence-electron chi connectivity index (χ3n) is 2.40. The first-order chi connectivity index (χ1) is 7.31. The van der Waals surface area contributed by atoms with Gasteiger partial charge in [0.2, 0.25) is 0 Å². The summed E-state index contributed by atoms with van der Waals surface area (Å²) < 4.78 is 0. The Hall–Kier alpha value is -1.67. The average Bonchev–Trinajstić information content (AvgIpc) is 2.29. The van der Waals surface area contributed by atoms with Gasteiger partial charge in [-0.15, -0.1) is 6.58 Å². The zero-order chi connectivity index (χ0) is 10.7. The van der Waals surface area contributed by atoms with E-state index >= 15 is 0 Å². The van der Waals surface area contributed by atoms with Crippen molar-refractivity contribution in [1.82, 2.24) is 4.98 Å². The summed E-state index contributed by atoms with van der Waals surface area (Å²) in [6, 6.07) is 9.69. The van der Waals surface area contributed by atoms with Crippen LogP contribution in [-0.4, -0.2) is 10.1 Å². The maximum atomic E-state index is 9.79. The van der Waals surface area contributed by atoms with Gasteiger partial charge in [-0.3, -0.25) is 4.98 Å². The van der Waals surface area contributed by atoms with Crippen molar-refractivity contribution in [1.29, 1.82) is 0 Å². The van der Waals surface area contributed by atoms with Crippen molar-refractivity contribution in [2.24, 2.45) is 0 Å². The quantitative estimate of drug-likeness (QED) is 0.771. The lowest BCUT2D eigenvalue weighted by atomic mass is 10.0. The molecule has 1 heterocycles. The third kappa shape index (κ3) is 2.05. The van der Waals surface area contributed by atoms with Gasteiger partial charge in [-0.25, -0.2) is 0 Å². The van der Waals surface area contributed by atoms with E-state index in [0.717, 1.165) is 16.5 Å². The predicted molar refractivity (Wildman–Crippen MR) is 61.5 cm³/mol. The lowest BCUT2D eigenvalue weighted by Gasteiger charge is -2.08. The first kappa shape index (κ1) is 9.87. The first-order valence-corrected chi connectivity index (χ1v) is 4.95. The van der Waals surface area contributed by atoms with Gasteiger partial charge in [-0.1, -0.05) is 18.2 Å². The molecule has 15 heavy (non-hydrogen) atoms. The van der Waals surface area contributed by atoms with Crippen LogP contribution in [0.1, 0.15) is 18.1 Å². The maximum absolute atomic E-state index is 9.79. The second-order valence-electron chi connectivity index (χ2n) is 3.50. The van der Waals surface area contributed by atoms with E-state index in [1.54, 1.807) is 12.3 Å². The topological polar surface area (TPSA) is 33.1 Å². The lowest BCUT2D eigenvalue weighted by molar-refractivity contribution is 0.182. The minimum Gasteiger partial charge on any atom is -0.388 e. The number of aliphatic hydroxyl groups is 1. The number of pyridine rings is 1. The molecule has 2 nitrogen and oxygen atoms in total. The molecule has 0 radical (unpaired) electrons. The first-order valence-electron chi connectivity index (χ1n) is 4.95. The molecule has 0 spiro atoms. The van der Waals surface area contributed by atoms with Crippen molar-refractivity contribution in [3.63, 3.8) is 0 Å². The second-order valence-corrected chi connectivity index (χ2v) is 3.50. The molecule has 0 saturated heterocycles. The summed E-state index contributed by atoms with van der Waals surface area (Å²) >= 11 is 0. The Morgan fingerprint density at radius 3 is 3.07 bits per heavy atom. The Kier molecular flexibility index (Phi) is 2.79. The standard InChI is InChI=1S/C13H13NO/c1-2-4-13(15)11-6-7-12-10(9-11)5-3-8-14-12/h2-3,5-9,13,15H,1,4H2/t13-/m0/s1. The summed E-state index contributed by atoms with van der Waals surface area (Å²) in [7, 11) is 0. The van der Waals surface area contributed by atoms with Crippen molar-refractivity contribution in [2.45, 2.75) is 12.5 Å². The molecule has 0 unspecified atom stereocenters. The molecule has 76 valence electrons. The van der Waals surface area contributed by atoms with Crippen molar-refractivity contribution in [3.8, 4) is 0 Å². The van der Waals surface area contributed by atoms with E-state index in [-0.39, 0.29) is 0 Å². The number of nitrogens with zero attached hydrogens (tertiary/aromatic N) is 1. The zero-order valence-corrected chi connectivity index (χ0v) is 8.43. The second kappa shape index (κ2) is 4.24. The molecule has 0 aliphatic carbocycles. The number of hydrogen-bond acceptors (Lipinski definition) is 2. The van der Waals surface area contributed by atoms with E-state index in [9.17, 15) is 5.11 Å². The number of hydrogen-bond donors (Lipinski definition) is 1. The largest absolute Gasteiger partial charge is 0.388 e. The summed E-state index contributed by atoms with van der Waals surface area (Å²) in [6.07, 6.45) is 3.60. The molecule has 0 fully saturated rings. The highest BCUT2D eigenvalue weighted by Gasteiger charge is 2.05. The van der Waals surface area contributed by atoms with Gasteiger partial charge < -0.3 is 5.11 Å². The van der Waals surface area contributed by atoms with Crippen molar-refractivity contribution >= 4 is 10.9 Å². The normalized spacial score (nSPS) is 12.6. The Morgan fingerprint density at radius 1 is 1.40 bits per heavy atom. The Labute approximate surface area is 88.9 Å². The van der Waals surface area contributed by atoms with Crippen LogP contribution in [0, 0.1) is 0 Å². The van der Waals surface area contributed by atoms with E-state index < -0.39 is 6.10 Å². The van der Waals surface area contributed by atoms with E-state index in [2.05, 4.69) is 11.6 Å². The minimum atomic E-state index is -0.466. The molecule has 0 bridgehead atoms. The molecule has 1 aromatic heterocycles. The number of aromatic nitrogens is 1. The van der Waals surface area contributed by atoms with Crippen molar-refractivity contribution < 1.29 is 5.11 Å². The molecule has 1 N–H and O–H groups in total. The van der Waals surface area contributed by atoms with Crippen LogP contribution >= 0.6 is 0 Å². The fraction of sp³-hybridized carbons (Fsp3) is 0.154. The van der Waals surface area contributed by atoms with Gasteiger partial charge in [0.1, 0.15) is 0 Å². The summed E-state index contributed by atoms with van der Waals surface area (Å²) in [5.74, 6) is 0. The van der Waals surface area contributed by atoms with Gasteiger partial charge in [0.05, 0.1) is 11.6 Å². The van der Waals surface area contributed by atoms with Gasteiger partial charge in [0.25, 0.3) is 0 Å². The fourth-order valence-electron chi connectivity index (χ4n) is 1.60. The lowest BCUT2D eigenvalue weighted by Crippen LogP contribution is -1.95. The van der Waals surface area contributed by atoms with Crippen LogP contribution in [0.25, 0.3) is 10.9 Å². The molecule has 0 saturated carbocycles. The predicted octanol–water partition coefficient (Wildman–Crippen LogP) is 2.84. The molecule has 2 aromatic rings. The fourth-order valence-corrected chi connectivity index (χ4v) is 1.60. The van der Waals surface area contributed by atoms with Crippen LogP contribution in [0.15, 0.2) is 49.2 Å². The van der Waals surface area contributed by atoms with E-state index in [4.69, 9.17) is 0 Å². The highest BCUT2D eigenvalue weighted by atomic mass is 16.3.